The van der Waals surface area contributed by atoms with Gasteiger partial charge < -0.3 is 14.9 Å². The molecule has 0 amide bonds. The van der Waals surface area contributed by atoms with Crippen LogP contribution in [0.4, 0.5) is 0 Å². The fraction of sp³-hybridized carbons (Fsp3) is 0.400. The van der Waals surface area contributed by atoms with Gasteiger partial charge in [0.15, 0.2) is 5.60 Å². The highest BCUT2D eigenvalue weighted by molar-refractivity contribution is 6.07. The summed E-state index contributed by atoms with van der Waals surface area (Å²) in [6.07, 6.45) is 1.52. The SMILES string of the molecule is BOC(=O)[C@](C)(O)C=CO. The molecule has 0 saturated carbocycles. The lowest BCUT2D eigenvalue weighted by Crippen LogP contribution is -2.34. The van der Waals surface area contributed by atoms with Crippen molar-refractivity contribution < 1.29 is 19.7 Å². The summed E-state index contributed by atoms with van der Waals surface area (Å²) in [4.78, 5) is 10.6. The quantitative estimate of drug-likeness (QED) is 0.381. The largest absolute Gasteiger partial charge is 0.541 e. The van der Waals surface area contributed by atoms with Crippen LogP contribution in [0, 0.1) is 0 Å². The van der Waals surface area contributed by atoms with Crippen molar-refractivity contribution in [3.05, 3.63) is 12.3 Å². The second-order valence-electron chi connectivity index (χ2n) is 1.95. The van der Waals surface area contributed by atoms with E-state index in [-0.39, 0.29) is 0 Å². The molecule has 0 aromatic rings. The van der Waals surface area contributed by atoms with Crippen LogP contribution < -0.4 is 0 Å². The number of carbonyl (C=O) groups excluding carboxylic acids is 1. The summed E-state index contributed by atoms with van der Waals surface area (Å²) in [5.74, 6) is -0.808. The van der Waals surface area contributed by atoms with Crippen LogP contribution in [0.3, 0.4) is 0 Å². The van der Waals surface area contributed by atoms with Crippen molar-refractivity contribution >= 4 is 14.0 Å². The van der Waals surface area contributed by atoms with Crippen LogP contribution >= 0.6 is 0 Å². The lowest BCUT2D eigenvalue weighted by molar-refractivity contribution is -0.148. The highest BCUT2D eigenvalue weighted by Crippen LogP contribution is 2.05. The van der Waals surface area contributed by atoms with E-state index in [4.69, 9.17) is 10.2 Å². The Kier molecular flexibility index (Phi) is 2.95. The van der Waals surface area contributed by atoms with Crippen LogP contribution in [0.15, 0.2) is 12.3 Å². The lowest BCUT2D eigenvalue weighted by Gasteiger charge is -2.14. The minimum absolute atomic E-state index is 0.594. The van der Waals surface area contributed by atoms with Crippen molar-refractivity contribution in [3.8, 4) is 0 Å². The van der Waals surface area contributed by atoms with E-state index >= 15 is 0 Å². The maximum absolute atomic E-state index is 10.6. The zero-order valence-corrected chi connectivity index (χ0v) is 5.87. The molecule has 5 heteroatoms. The standard InChI is InChI=1S/C5H9BO4/c1-5(9,2-3-7)4(8)10-6/h2-3,7,9H,6H2,1H3/t5-/m1/s1. The number of aliphatic hydroxyl groups is 2. The van der Waals surface area contributed by atoms with Crippen LogP contribution in [-0.2, 0) is 9.45 Å². The zero-order chi connectivity index (χ0) is 8.20. The Hall–Kier alpha value is -0.965. The minimum atomic E-state index is -1.73. The van der Waals surface area contributed by atoms with Crippen LogP contribution in [0.2, 0.25) is 0 Å². The summed E-state index contributed by atoms with van der Waals surface area (Å²) in [6.45, 7) is 1.21. The highest BCUT2D eigenvalue weighted by Gasteiger charge is 2.27. The van der Waals surface area contributed by atoms with Crippen molar-refractivity contribution in [2.45, 2.75) is 12.5 Å². The van der Waals surface area contributed by atoms with Gasteiger partial charge in [-0.15, -0.1) is 0 Å². The summed E-state index contributed by atoms with van der Waals surface area (Å²) in [5, 5.41) is 17.3. The molecule has 56 valence electrons. The average Bonchev–Trinajstić information content (AvgIpc) is 1.86. The van der Waals surface area contributed by atoms with Crippen molar-refractivity contribution in [2.75, 3.05) is 0 Å². The second kappa shape index (κ2) is 3.27. The van der Waals surface area contributed by atoms with E-state index in [0.717, 1.165) is 14.1 Å². The van der Waals surface area contributed by atoms with Gasteiger partial charge >= 0.3 is 14.0 Å². The molecule has 0 aromatic carbocycles. The highest BCUT2D eigenvalue weighted by atomic mass is 16.5. The number of rotatable bonds is 2. The normalized spacial score (nSPS) is 16.6. The van der Waals surface area contributed by atoms with Gasteiger partial charge in [0.2, 0.25) is 0 Å². The fourth-order valence-corrected chi connectivity index (χ4v) is 0.420. The van der Waals surface area contributed by atoms with E-state index in [0.29, 0.717) is 6.26 Å². The van der Waals surface area contributed by atoms with Gasteiger partial charge in [-0.1, -0.05) is 0 Å². The van der Waals surface area contributed by atoms with Crippen molar-refractivity contribution in [3.63, 3.8) is 0 Å². The molecule has 0 fully saturated rings. The van der Waals surface area contributed by atoms with Gasteiger partial charge in [0, 0.05) is 0 Å². The molecule has 0 aromatic heterocycles. The average molecular weight is 144 g/mol. The van der Waals surface area contributed by atoms with Crippen molar-refractivity contribution in [1.82, 2.24) is 0 Å². The number of hydrogen-bond acceptors (Lipinski definition) is 4. The van der Waals surface area contributed by atoms with E-state index in [2.05, 4.69) is 4.65 Å². The molecule has 4 nitrogen and oxygen atoms in total. The van der Waals surface area contributed by atoms with E-state index < -0.39 is 11.6 Å². The van der Waals surface area contributed by atoms with Crippen LogP contribution in [0.5, 0.6) is 0 Å². The van der Waals surface area contributed by atoms with E-state index in [9.17, 15) is 4.79 Å². The molecule has 0 unspecified atom stereocenters. The molecule has 2 N–H and O–H groups in total. The summed E-state index contributed by atoms with van der Waals surface area (Å²) in [6, 6.07) is 0. The van der Waals surface area contributed by atoms with E-state index in [1.54, 1.807) is 0 Å². The molecular weight excluding hydrogens is 135 g/mol. The van der Waals surface area contributed by atoms with Gasteiger partial charge in [-0.05, 0) is 13.0 Å². The monoisotopic (exact) mass is 144 g/mol. The Morgan fingerprint density at radius 3 is 2.60 bits per heavy atom. The molecule has 0 saturated heterocycles. The first-order valence-corrected chi connectivity index (χ1v) is 2.67. The summed E-state index contributed by atoms with van der Waals surface area (Å²) in [5.41, 5.74) is -1.73. The Balaban J connectivity index is 4.24. The molecule has 0 aliphatic rings. The van der Waals surface area contributed by atoms with Crippen molar-refractivity contribution in [2.24, 2.45) is 0 Å². The summed E-state index contributed by atoms with van der Waals surface area (Å²) < 4.78 is 4.22. The molecular formula is C5H9BO4. The predicted octanol–water partition coefficient (Wildman–Crippen LogP) is -1.10. The zero-order valence-electron chi connectivity index (χ0n) is 5.87. The Bertz CT molecular complexity index is 152. The third-order valence-corrected chi connectivity index (χ3v) is 0.998. The number of aliphatic hydroxyl groups excluding tert-OH is 1. The molecule has 1 atom stereocenters. The van der Waals surface area contributed by atoms with Gasteiger partial charge in [0.1, 0.15) is 0 Å². The molecule has 0 heterocycles. The molecule has 0 aliphatic carbocycles. The lowest BCUT2D eigenvalue weighted by atomic mass is 10.1. The third kappa shape index (κ3) is 2.10. The minimum Gasteiger partial charge on any atom is -0.541 e. The maximum Gasteiger partial charge on any atom is 0.326 e. The molecule has 0 aliphatic heterocycles. The topological polar surface area (TPSA) is 66.8 Å². The first kappa shape index (κ1) is 9.03. The molecule has 0 rings (SSSR count). The summed E-state index contributed by atoms with van der Waals surface area (Å²) >= 11 is 0. The Morgan fingerprint density at radius 1 is 1.80 bits per heavy atom. The Morgan fingerprint density at radius 2 is 2.30 bits per heavy atom. The number of carbonyl (C=O) groups is 1. The Labute approximate surface area is 59.6 Å². The van der Waals surface area contributed by atoms with Gasteiger partial charge in [-0.2, -0.15) is 0 Å². The molecule has 0 spiro atoms. The van der Waals surface area contributed by atoms with Gasteiger partial charge in [0.05, 0.1) is 6.26 Å². The first-order chi connectivity index (χ1) is 4.54. The van der Waals surface area contributed by atoms with E-state index in [1.807, 2.05) is 0 Å². The van der Waals surface area contributed by atoms with Crippen LogP contribution in [-0.4, -0.2) is 29.8 Å². The van der Waals surface area contributed by atoms with Crippen LogP contribution in [0.25, 0.3) is 0 Å². The number of hydrogen-bond donors (Lipinski definition) is 2. The predicted molar refractivity (Wildman–Crippen MR) is 37.0 cm³/mol. The fourth-order valence-electron chi connectivity index (χ4n) is 0.420. The van der Waals surface area contributed by atoms with Gasteiger partial charge in [-0.3, -0.25) is 4.79 Å². The maximum atomic E-state index is 10.6. The van der Waals surface area contributed by atoms with Gasteiger partial charge in [-0.25, -0.2) is 0 Å². The molecule has 0 radical (unpaired) electrons. The van der Waals surface area contributed by atoms with Crippen LogP contribution in [0.1, 0.15) is 6.92 Å². The molecule has 0 bridgehead atoms. The van der Waals surface area contributed by atoms with Crippen molar-refractivity contribution in [1.29, 1.82) is 0 Å². The summed E-state index contributed by atoms with van der Waals surface area (Å²) in [7, 11) is 1.15. The van der Waals surface area contributed by atoms with E-state index in [1.165, 1.54) is 6.92 Å². The molecule has 10 heavy (non-hydrogen) atoms. The van der Waals surface area contributed by atoms with Gasteiger partial charge in [0.25, 0.3) is 0 Å². The smallest absolute Gasteiger partial charge is 0.326 e. The third-order valence-electron chi connectivity index (χ3n) is 0.998. The second-order valence-corrected chi connectivity index (χ2v) is 1.95. The first-order valence-electron chi connectivity index (χ1n) is 2.67.